The third kappa shape index (κ3) is 5.13. The molecule has 0 aliphatic carbocycles. The van der Waals surface area contributed by atoms with Crippen LogP contribution in [-0.2, 0) is 16.1 Å². The van der Waals surface area contributed by atoms with Gasteiger partial charge in [-0.1, -0.05) is 35.9 Å². The smallest absolute Gasteiger partial charge is 0.337 e. The Labute approximate surface area is 205 Å². The molecule has 1 atom stereocenters. The number of aromatic nitrogens is 2. The van der Waals surface area contributed by atoms with Crippen LogP contribution in [-0.4, -0.2) is 26.2 Å². The van der Waals surface area contributed by atoms with Crippen LogP contribution in [0.4, 0.5) is 4.39 Å². The van der Waals surface area contributed by atoms with Crippen molar-refractivity contribution < 1.29 is 19.0 Å². The second-order valence-electron chi connectivity index (χ2n) is 10.1. The summed E-state index contributed by atoms with van der Waals surface area (Å²) in [5.74, 6) is -1.32. The van der Waals surface area contributed by atoms with Gasteiger partial charge in [-0.3, -0.25) is 0 Å². The first kappa shape index (κ1) is 24.6. The molecule has 0 amide bonds. The molecule has 0 radical (unpaired) electrons. The highest BCUT2D eigenvalue weighted by atomic mass is 19.1. The lowest BCUT2D eigenvalue weighted by Gasteiger charge is -2.28. The predicted molar refractivity (Wildman–Crippen MR) is 136 cm³/mol. The summed E-state index contributed by atoms with van der Waals surface area (Å²) in [5, 5.41) is 11.0. The number of aryl methyl sites for hydroxylation is 3. The Morgan fingerprint density at radius 3 is 2.37 bits per heavy atom. The normalized spacial score (nSPS) is 12.8. The van der Waals surface area contributed by atoms with E-state index in [1.54, 1.807) is 6.07 Å². The van der Waals surface area contributed by atoms with Gasteiger partial charge in [0.05, 0.1) is 5.60 Å². The van der Waals surface area contributed by atoms with Crippen LogP contribution in [0.25, 0.3) is 22.2 Å². The van der Waals surface area contributed by atoms with Crippen LogP contribution in [0.5, 0.6) is 0 Å². The van der Waals surface area contributed by atoms with E-state index in [0.717, 1.165) is 38.9 Å². The molecule has 0 saturated heterocycles. The van der Waals surface area contributed by atoms with Crippen molar-refractivity contribution in [3.63, 3.8) is 0 Å². The number of carbonyl (C=O) groups is 1. The van der Waals surface area contributed by atoms with E-state index in [4.69, 9.17) is 9.72 Å². The van der Waals surface area contributed by atoms with Crippen molar-refractivity contribution in [1.29, 1.82) is 0 Å². The minimum atomic E-state index is -1.18. The molecule has 2 aromatic carbocycles. The molecule has 2 heterocycles. The van der Waals surface area contributed by atoms with Crippen molar-refractivity contribution in [2.24, 2.45) is 0 Å². The molecule has 0 spiro atoms. The molecule has 5 nitrogen and oxygen atoms in total. The van der Waals surface area contributed by atoms with Gasteiger partial charge in [0.25, 0.3) is 0 Å². The average molecular weight is 475 g/mol. The van der Waals surface area contributed by atoms with Gasteiger partial charge in [-0.2, -0.15) is 0 Å². The molecule has 182 valence electrons. The topological polar surface area (TPSA) is 64.3 Å². The molecule has 2 aromatic heterocycles. The first-order chi connectivity index (χ1) is 16.4. The Balaban J connectivity index is 1.96. The number of benzene rings is 2. The minimum absolute atomic E-state index is 0.262. The van der Waals surface area contributed by atoms with Crippen molar-refractivity contribution in [2.75, 3.05) is 0 Å². The molecule has 0 saturated carbocycles. The average Bonchev–Trinajstić information content (AvgIpc) is 3.15. The fraction of sp³-hybridized carbons (Fsp3) is 0.310. The number of carboxylic acids is 1. The highest BCUT2D eigenvalue weighted by Crippen LogP contribution is 2.40. The van der Waals surface area contributed by atoms with Gasteiger partial charge in [-0.05, 0) is 76.4 Å². The molecular weight excluding hydrogens is 443 g/mol. The zero-order chi connectivity index (χ0) is 25.5. The Bertz CT molecular complexity index is 1400. The summed E-state index contributed by atoms with van der Waals surface area (Å²) in [5.41, 5.74) is 5.90. The van der Waals surface area contributed by atoms with E-state index >= 15 is 0 Å². The van der Waals surface area contributed by atoms with Crippen molar-refractivity contribution in [3.8, 4) is 11.1 Å². The Morgan fingerprint density at radius 2 is 1.77 bits per heavy atom. The van der Waals surface area contributed by atoms with Crippen molar-refractivity contribution >= 4 is 17.0 Å². The Morgan fingerprint density at radius 1 is 1.09 bits per heavy atom. The van der Waals surface area contributed by atoms with Crippen LogP contribution in [0, 0.1) is 26.6 Å². The first-order valence-electron chi connectivity index (χ1n) is 11.7. The van der Waals surface area contributed by atoms with Crippen LogP contribution in [0.2, 0.25) is 0 Å². The van der Waals surface area contributed by atoms with Crippen LogP contribution < -0.4 is 0 Å². The number of carboxylic acid groups (broad SMARTS) is 1. The van der Waals surface area contributed by atoms with Gasteiger partial charge in [-0.15, -0.1) is 0 Å². The molecule has 0 fully saturated rings. The Kier molecular flexibility index (Phi) is 6.52. The number of ether oxygens (including phenoxy) is 1. The number of hydrogen-bond donors (Lipinski definition) is 1. The van der Waals surface area contributed by atoms with Gasteiger partial charge in [0.1, 0.15) is 11.5 Å². The van der Waals surface area contributed by atoms with E-state index in [0.29, 0.717) is 17.8 Å². The summed E-state index contributed by atoms with van der Waals surface area (Å²) in [4.78, 5) is 17.3. The maximum atomic E-state index is 13.6. The summed E-state index contributed by atoms with van der Waals surface area (Å²) < 4.78 is 21.7. The fourth-order valence-electron chi connectivity index (χ4n) is 4.42. The standard InChI is InChI=1S/C29H31FN2O3/c1-17-7-9-20(10-8-17)25-23-13-14-32(16-21-11-12-22(30)15-18(21)2)27(23)31-19(3)24(25)26(28(33)34)35-29(4,5)6/h7-15,26H,16H2,1-6H3,(H,33,34). The molecule has 0 aliphatic rings. The highest BCUT2D eigenvalue weighted by molar-refractivity contribution is 5.97. The maximum absolute atomic E-state index is 13.6. The molecule has 0 bridgehead atoms. The summed E-state index contributed by atoms with van der Waals surface area (Å²) >= 11 is 0. The lowest BCUT2D eigenvalue weighted by atomic mass is 9.92. The van der Waals surface area contributed by atoms with E-state index in [-0.39, 0.29) is 5.82 Å². The molecule has 1 unspecified atom stereocenters. The van der Waals surface area contributed by atoms with Gasteiger partial charge < -0.3 is 14.4 Å². The third-order valence-electron chi connectivity index (χ3n) is 6.08. The lowest BCUT2D eigenvalue weighted by Crippen LogP contribution is -2.28. The van der Waals surface area contributed by atoms with Crippen molar-refractivity contribution in [2.45, 2.75) is 59.8 Å². The van der Waals surface area contributed by atoms with E-state index in [2.05, 4.69) is 0 Å². The number of aliphatic carboxylic acids is 1. The number of halogens is 1. The molecule has 6 heteroatoms. The maximum Gasteiger partial charge on any atom is 0.337 e. The fourth-order valence-corrected chi connectivity index (χ4v) is 4.42. The number of fused-ring (bicyclic) bond motifs is 1. The zero-order valence-corrected chi connectivity index (χ0v) is 21.0. The van der Waals surface area contributed by atoms with Crippen LogP contribution >= 0.6 is 0 Å². The largest absolute Gasteiger partial charge is 0.479 e. The van der Waals surface area contributed by atoms with Gasteiger partial charge in [0, 0.05) is 34.9 Å². The molecule has 0 aliphatic heterocycles. The van der Waals surface area contributed by atoms with Crippen LogP contribution in [0.3, 0.4) is 0 Å². The summed E-state index contributed by atoms with van der Waals surface area (Å²) in [6.45, 7) is 11.8. The Hall–Kier alpha value is -3.51. The second-order valence-corrected chi connectivity index (χ2v) is 10.1. The summed E-state index contributed by atoms with van der Waals surface area (Å²) in [6, 6.07) is 14.8. The summed E-state index contributed by atoms with van der Waals surface area (Å²) in [6.07, 6.45) is 0.771. The zero-order valence-electron chi connectivity index (χ0n) is 21.0. The lowest BCUT2D eigenvalue weighted by molar-refractivity contribution is -0.160. The van der Waals surface area contributed by atoms with E-state index < -0.39 is 17.7 Å². The quantitative estimate of drug-likeness (QED) is 0.335. The van der Waals surface area contributed by atoms with Crippen molar-refractivity contribution in [1.82, 2.24) is 9.55 Å². The number of nitrogens with zero attached hydrogens (tertiary/aromatic N) is 2. The predicted octanol–water partition coefficient (Wildman–Crippen LogP) is 6.76. The van der Waals surface area contributed by atoms with E-state index in [9.17, 15) is 14.3 Å². The van der Waals surface area contributed by atoms with Gasteiger partial charge in [-0.25, -0.2) is 14.2 Å². The van der Waals surface area contributed by atoms with Crippen molar-refractivity contribution in [3.05, 3.63) is 88.5 Å². The van der Waals surface area contributed by atoms with E-state index in [1.807, 2.05) is 82.6 Å². The number of hydrogen-bond acceptors (Lipinski definition) is 3. The van der Waals surface area contributed by atoms with Crippen LogP contribution in [0.15, 0.2) is 54.7 Å². The summed E-state index contributed by atoms with van der Waals surface area (Å²) in [7, 11) is 0. The second kappa shape index (κ2) is 9.27. The highest BCUT2D eigenvalue weighted by Gasteiger charge is 2.32. The third-order valence-corrected chi connectivity index (χ3v) is 6.08. The number of pyridine rings is 1. The van der Waals surface area contributed by atoms with Crippen LogP contribution in [0.1, 0.15) is 54.8 Å². The SMILES string of the molecule is Cc1ccc(-c2c(C(OC(C)(C)C)C(=O)O)c(C)nc3c2ccn3Cc2ccc(F)cc2C)cc1. The molecule has 4 aromatic rings. The van der Waals surface area contributed by atoms with Gasteiger partial charge in [0.15, 0.2) is 6.10 Å². The molecular formula is C29H31FN2O3. The van der Waals surface area contributed by atoms with Gasteiger partial charge >= 0.3 is 5.97 Å². The van der Waals surface area contributed by atoms with Gasteiger partial charge in [0.2, 0.25) is 0 Å². The number of rotatable bonds is 6. The minimum Gasteiger partial charge on any atom is -0.479 e. The molecule has 35 heavy (non-hydrogen) atoms. The monoisotopic (exact) mass is 474 g/mol. The molecule has 1 N–H and O–H groups in total. The molecule has 4 rings (SSSR count). The first-order valence-corrected chi connectivity index (χ1v) is 11.7. The van der Waals surface area contributed by atoms with E-state index in [1.165, 1.54) is 12.1 Å².